The zero-order valence-corrected chi connectivity index (χ0v) is 9.87. The standard InChI is InChI=1S/C14H10N2S/c17-14-9-8-13(15-16-14)12-7-3-5-10-4-1-2-6-11(10)12/h1-9H,(H,16,17). The van der Waals surface area contributed by atoms with E-state index in [-0.39, 0.29) is 0 Å². The van der Waals surface area contributed by atoms with Gasteiger partial charge in [-0.2, -0.15) is 5.10 Å². The molecule has 0 bridgehead atoms. The Hall–Kier alpha value is -2.00. The first-order chi connectivity index (χ1) is 8.34. The predicted molar refractivity (Wildman–Crippen MR) is 72.4 cm³/mol. The van der Waals surface area contributed by atoms with Crippen LogP contribution in [0.4, 0.5) is 0 Å². The molecule has 0 aliphatic rings. The number of nitrogens with zero attached hydrogens (tertiary/aromatic N) is 1. The summed E-state index contributed by atoms with van der Waals surface area (Å²) in [6.07, 6.45) is 0. The molecule has 3 rings (SSSR count). The first kappa shape index (κ1) is 10.2. The molecule has 2 nitrogen and oxygen atoms in total. The van der Waals surface area contributed by atoms with E-state index >= 15 is 0 Å². The van der Waals surface area contributed by atoms with E-state index < -0.39 is 0 Å². The zero-order chi connectivity index (χ0) is 11.7. The van der Waals surface area contributed by atoms with Crippen LogP contribution in [0, 0.1) is 4.64 Å². The van der Waals surface area contributed by atoms with E-state index in [4.69, 9.17) is 12.2 Å². The van der Waals surface area contributed by atoms with Gasteiger partial charge in [-0.3, -0.25) is 5.10 Å². The lowest BCUT2D eigenvalue weighted by molar-refractivity contribution is 1.02. The predicted octanol–water partition coefficient (Wildman–Crippen LogP) is 3.96. The molecule has 3 aromatic rings. The van der Waals surface area contributed by atoms with Gasteiger partial charge in [-0.15, -0.1) is 0 Å². The Kier molecular flexibility index (Phi) is 2.46. The second kappa shape index (κ2) is 4.11. The molecule has 0 aliphatic heterocycles. The summed E-state index contributed by atoms with van der Waals surface area (Å²) < 4.78 is 0.647. The topological polar surface area (TPSA) is 28.7 Å². The van der Waals surface area contributed by atoms with Gasteiger partial charge in [0.25, 0.3) is 0 Å². The number of benzene rings is 2. The average Bonchev–Trinajstić information content (AvgIpc) is 2.39. The lowest BCUT2D eigenvalue weighted by atomic mass is 10.0. The molecule has 1 aromatic heterocycles. The van der Waals surface area contributed by atoms with Crippen molar-refractivity contribution in [1.82, 2.24) is 10.2 Å². The van der Waals surface area contributed by atoms with Crippen molar-refractivity contribution in [2.75, 3.05) is 0 Å². The highest BCUT2D eigenvalue weighted by atomic mass is 32.1. The molecule has 0 atom stereocenters. The van der Waals surface area contributed by atoms with E-state index in [0.29, 0.717) is 4.64 Å². The van der Waals surface area contributed by atoms with Crippen LogP contribution in [-0.4, -0.2) is 10.2 Å². The fraction of sp³-hybridized carbons (Fsp3) is 0. The maximum atomic E-state index is 5.00. The van der Waals surface area contributed by atoms with Gasteiger partial charge in [0.05, 0.1) is 5.69 Å². The highest BCUT2D eigenvalue weighted by Gasteiger charge is 2.03. The Morgan fingerprint density at radius 2 is 1.71 bits per heavy atom. The number of aromatic nitrogens is 2. The van der Waals surface area contributed by atoms with Crippen molar-refractivity contribution in [3.63, 3.8) is 0 Å². The minimum absolute atomic E-state index is 0.647. The number of rotatable bonds is 1. The molecular formula is C14H10N2S. The van der Waals surface area contributed by atoms with Gasteiger partial charge in [-0.25, -0.2) is 0 Å². The van der Waals surface area contributed by atoms with E-state index in [1.807, 2.05) is 30.3 Å². The summed E-state index contributed by atoms with van der Waals surface area (Å²) in [7, 11) is 0. The minimum atomic E-state index is 0.647. The lowest BCUT2D eigenvalue weighted by Gasteiger charge is -2.05. The van der Waals surface area contributed by atoms with Crippen molar-refractivity contribution in [3.05, 3.63) is 59.2 Å². The molecule has 0 fully saturated rings. The van der Waals surface area contributed by atoms with Gasteiger partial charge in [0.2, 0.25) is 0 Å². The van der Waals surface area contributed by atoms with Gasteiger partial charge in [0, 0.05) is 5.56 Å². The fourth-order valence-electron chi connectivity index (χ4n) is 1.94. The van der Waals surface area contributed by atoms with Crippen LogP contribution >= 0.6 is 12.2 Å². The molecule has 3 heteroatoms. The molecule has 0 radical (unpaired) electrons. The summed E-state index contributed by atoms with van der Waals surface area (Å²) in [6, 6.07) is 18.3. The summed E-state index contributed by atoms with van der Waals surface area (Å²) in [5.41, 5.74) is 2.03. The number of nitrogens with one attached hydrogen (secondary N) is 1. The first-order valence-electron chi connectivity index (χ1n) is 5.38. The van der Waals surface area contributed by atoms with E-state index in [1.54, 1.807) is 0 Å². The van der Waals surface area contributed by atoms with E-state index in [0.717, 1.165) is 11.3 Å². The molecule has 82 valence electrons. The highest BCUT2D eigenvalue weighted by molar-refractivity contribution is 7.71. The van der Waals surface area contributed by atoms with Crippen LogP contribution in [0.25, 0.3) is 22.0 Å². The Balaban J connectivity index is 2.30. The summed E-state index contributed by atoms with van der Waals surface area (Å²) in [5.74, 6) is 0. The molecule has 0 saturated heterocycles. The Labute approximate surface area is 104 Å². The summed E-state index contributed by atoms with van der Waals surface area (Å²) in [5, 5.41) is 9.52. The third-order valence-corrected chi connectivity index (χ3v) is 2.97. The second-order valence-electron chi connectivity index (χ2n) is 3.83. The number of fused-ring (bicyclic) bond motifs is 1. The molecule has 0 amide bonds. The normalized spacial score (nSPS) is 10.6. The number of hydrogen-bond acceptors (Lipinski definition) is 2. The van der Waals surface area contributed by atoms with Gasteiger partial charge in [0.15, 0.2) is 0 Å². The van der Waals surface area contributed by atoms with E-state index in [9.17, 15) is 0 Å². The van der Waals surface area contributed by atoms with Crippen molar-refractivity contribution in [2.45, 2.75) is 0 Å². The van der Waals surface area contributed by atoms with Crippen LogP contribution in [0.1, 0.15) is 0 Å². The van der Waals surface area contributed by atoms with Gasteiger partial charge in [-0.1, -0.05) is 54.7 Å². The Morgan fingerprint density at radius 1 is 0.882 bits per heavy atom. The molecule has 0 aliphatic carbocycles. The first-order valence-corrected chi connectivity index (χ1v) is 5.79. The number of H-pyrrole nitrogens is 1. The van der Waals surface area contributed by atoms with Crippen LogP contribution in [0.3, 0.4) is 0 Å². The maximum absolute atomic E-state index is 5.00. The quantitative estimate of drug-likeness (QED) is 0.650. The smallest absolute Gasteiger partial charge is 0.119 e. The molecule has 2 aromatic carbocycles. The van der Waals surface area contributed by atoms with Gasteiger partial charge in [0.1, 0.15) is 4.64 Å². The Morgan fingerprint density at radius 3 is 2.53 bits per heavy atom. The molecule has 1 heterocycles. The van der Waals surface area contributed by atoms with Crippen molar-refractivity contribution < 1.29 is 0 Å². The molecule has 0 saturated carbocycles. The van der Waals surface area contributed by atoms with Crippen LogP contribution in [0.5, 0.6) is 0 Å². The van der Waals surface area contributed by atoms with Crippen molar-refractivity contribution in [1.29, 1.82) is 0 Å². The van der Waals surface area contributed by atoms with E-state index in [2.05, 4.69) is 34.5 Å². The molecular weight excluding hydrogens is 228 g/mol. The second-order valence-corrected chi connectivity index (χ2v) is 4.27. The average molecular weight is 238 g/mol. The molecule has 1 N–H and O–H groups in total. The van der Waals surface area contributed by atoms with Crippen LogP contribution < -0.4 is 0 Å². The third kappa shape index (κ3) is 1.85. The maximum Gasteiger partial charge on any atom is 0.119 e. The Bertz CT molecular complexity index is 706. The minimum Gasteiger partial charge on any atom is -0.267 e. The molecule has 0 unspecified atom stereocenters. The summed E-state index contributed by atoms with van der Waals surface area (Å²) in [6.45, 7) is 0. The lowest BCUT2D eigenvalue weighted by Crippen LogP contribution is -1.88. The highest BCUT2D eigenvalue weighted by Crippen LogP contribution is 2.26. The van der Waals surface area contributed by atoms with Gasteiger partial charge >= 0.3 is 0 Å². The van der Waals surface area contributed by atoms with Crippen LogP contribution in [-0.2, 0) is 0 Å². The van der Waals surface area contributed by atoms with Crippen molar-refractivity contribution >= 4 is 23.0 Å². The van der Waals surface area contributed by atoms with Crippen molar-refractivity contribution in [2.24, 2.45) is 0 Å². The molecule has 17 heavy (non-hydrogen) atoms. The number of hydrogen-bond donors (Lipinski definition) is 1. The fourth-order valence-corrected chi connectivity index (χ4v) is 2.06. The largest absolute Gasteiger partial charge is 0.267 e. The summed E-state index contributed by atoms with van der Waals surface area (Å²) >= 11 is 5.00. The zero-order valence-electron chi connectivity index (χ0n) is 9.05. The van der Waals surface area contributed by atoms with Gasteiger partial charge < -0.3 is 0 Å². The SMILES string of the molecule is S=c1ccc(-c2cccc3ccccc23)n[nH]1. The third-order valence-electron chi connectivity index (χ3n) is 2.74. The number of aromatic amines is 1. The monoisotopic (exact) mass is 238 g/mol. The molecule has 0 spiro atoms. The van der Waals surface area contributed by atoms with Crippen molar-refractivity contribution in [3.8, 4) is 11.3 Å². The summed E-state index contributed by atoms with van der Waals surface area (Å²) in [4.78, 5) is 0. The van der Waals surface area contributed by atoms with E-state index in [1.165, 1.54) is 10.8 Å². The van der Waals surface area contributed by atoms with Crippen LogP contribution in [0.15, 0.2) is 54.6 Å². The van der Waals surface area contributed by atoms with Gasteiger partial charge in [-0.05, 0) is 22.9 Å². The van der Waals surface area contributed by atoms with Crippen LogP contribution in [0.2, 0.25) is 0 Å².